The molecule has 0 saturated carbocycles. The second-order valence-electron chi connectivity index (χ2n) is 5.73. The Balaban J connectivity index is 2.01. The lowest BCUT2D eigenvalue weighted by Crippen LogP contribution is -2.26. The van der Waals surface area contributed by atoms with Gasteiger partial charge in [0.25, 0.3) is 0 Å². The van der Waals surface area contributed by atoms with Gasteiger partial charge in [0.2, 0.25) is 5.91 Å². The van der Waals surface area contributed by atoms with Gasteiger partial charge in [-0.2, -0.15) is 0 Å². The van der Waals surface area contributed by atoms with Crippen molar-refractivity contribution in [2.24, 2.45) is 0 Å². The van der Waals surface area contributed by atoms with Crippen LogP contribution < -0.4 is 14.8 Å². The van der Waals surface area contributed by atoms with Crippen molar-refractivity contribution >= 4 is 11.7 Å². The van der Waals surface area contributed by atoms with Crippen molar-refractivity contribution in [3.63, 3.8) is 0 Å². The Labute approximate surface area is 148 Å². The van der Waals surface area contributed by atoms with Gasteiger partial charge in [0.15, 0.2) is 0 Å². The maximum atomic E-state index is 12.3. The molecular weight excluding hydrogens is 318 g/mol. The van der Waals surface area contributed by atoms with Crippen LogP contribution in [0.2, 0.25) is 0 Å². The van der Waals surface area contributed by atoms with Crippen LogP contribution in [0.15, 0.2) is 48.5 Å². The van der Waals surface area contributed by atoms with Crippen LogP contribution in [0.4, 0.5) is 0 Å². The van der Waals surface area contributed by atoms with Crippen molar-refractivity contribution in [1.29, 1.82) is 0 Å². The molecule has 0 fully saturated rings. The zero-order chi connectivity index (χ0) is 18.2. The monoisotopic (exact) mass is 341 g/mol. The summed E-state index contributed by atoms with van der Waals surface area (Å²) in [7, 11) is 3.16. The predicted octanol–water partition coefficient (Wildman–Crippen LogP) is 3.08. The highest BCUT2D eigenvalue weighted by Gasteiger charge is 2.20. The number of methoxy groups -OCH3 is 2. The third-order valence-electron chi connectivity index (χ3n) is 4.05. The van der Waals surface area contributed by atoms with Gasteiger partial charge >= 0.3 is 0 Å². The highest BCUT2D eigenvalue weighted by Crippen LogP contribution is 2.25. The van der Waals surface area contributed by atoms with E-state index >= 15 is 0 Å². The van der Waals surface area contributed by atoms with E-state index in [1.807, 2.05) is 42.5 Å². The minimum atomic E-state index is -0.432. The minimum Gasteiger partial charge on any atom is -0.497 e. The van der Waals surface area contributed by atoms with Gasteiger partial charge in [-0.05, 0) is 24.6 Å². The number of carbonyl (C=O) groups is 2. The van der Waals surface area contributed by atoms with Crippen LogP contribution in [-0.4, -0.2) is 25.9 Å². The molecule has 5 nitrogen and oxygen atoms in total. The highest BCUT2D eigenvalue weighted by molar-refractivity contribution is 5.89. The smallest absolute Gasteiger partial charge is 0.221 e. The van der Waals surface area contributed by atoms with Crippen LogP contribution >= 0.6 is 0 Å². The first-order chi connectivity index (χ1) is 12.0. The number of carbonyl (C=O) groups excluding carboxylic acids is 2. The van der Waals surface area contributed by atoms with E-state index in [1.165, 1.54) is 6.92 Å². The molecule has 5 heteroatoms. The van der Waals surface area contributed by atoms with Crippen LogP contribution in [0, 0.1) is 0 Å². The van der Waals surface area contributed by atoms with E-state index in [1.54, 1.807) is 20.3 Å². The number of benzene rings is 2. The Morgan fingerprint density at radius 2 is 1.76 bits per heavy atom. The van der Waals surface area contributed by atoms with Crippen LogP contribution in [-0.2, 0) is 16.1 Å². The third kappa shape index (κ3) is 5.08. The van der Waals surface area contributed by atoms with Crippen LogP contribution in [0.25, 0.3) is 0 Å². The number of hydrogen-bond donors (Lipinski definition) is 1. The van der Waals surface area contributed by atoms with Gasteiger partial charge in [-0.1, -0.05) is 30.3 Å². The van der Waals surface area contributed by atoms with E-state index < -0.39 is 5.92 Å². The van der Waals surface area contributed by atoms with E-state index in [0.717, 1.165) is 11.1 Å². The number of amides is 1. The summed E-state index contributed by atoms with van der Waals surface area (Å²) < 4.78 is 10.5. The molecule has 0 aliphatic rings. The van der Waals surface area contributed by atoms with Crippen molar-refractivity contribution in [2.75, 3.05) is 14.2 Å². The van der Waals surface area contributed by atoms with Gasteiger partial charge < -0.3 is 14.8 Å². The molecular formula is C20H23NO4. The summed E-state index contributed by atoms with van der Waals surface area (Å²) >= 11 is 0. The highest BCUT2D eigenvalue weighted by atomic mass is 16.5. The molecule has 1 unspecified atom stereocenters. The normalized spacial score (nSPS) is 11.5. The molecule has 0 aliphatic heterocycles. The molecule has 1 N–H and O–H groups in total. The summed E-state index contributed by atoms with van der Waals surface area (Å²) in [4.78, 5) is 24.2. The van der Waals surface area contributed by atoms with E-state index in [4.69, 9.17) is 9.47 Å². The van der Waals surface area contributed by atoms with Gasteiger partial charge in [-0.25, -0.2) is 0 Å². The maximum Gasteiger partial charge on any atom is 0.221 e. The van der Waals surface area contributed by atoms with Crippen molar-refractivity contribution in [1.82, 2.24) is 5.32 Å². The Hall–Kier alpha value is -2.82. The van der Waals surface area contributed by atoms with E-state index in [0.29, 0.717) is 18.0 Å². The summed E-state index contributed by atoms with van der Waals surface area (Å²) in [6.45, 7) is 1.84. The summed E-state index contributed by atoms with van der Waals surface area (Å²) in [6.07, 6.45) is 0.123. The van der Waals surface area contributed by atoms with E-state index in [-0.39, 0.29) is 18.1 Å². The lowest BCUT2D eigenvalue weighted by Gasteiger charge is -2.15. The topological polar surface area (TPSA) is 64.6 Å². The molecule has 0 spiro atoms. The van der Waals surface area contributed by atoms with Gasteiger partial charge in [0.1, 0.15) is 17.3 Å². The molecule has 1 atom stereocenters. The second-order valence-corrected chi connectivity index (χ2v) is 5.73. The van der Waals surface area contributed by atoms with Gasteiger partial charge in [0, 0.05) is 24.6 Å². The molecule has 0 heterocycles. The molecule has 2 aromatic carbocycles. The van der Waals surface area contributed by atoms with Gasteiger partial charge in [0.05, 0.1) is 20.1 Å². The molecule has 1 amide bonds. The molecule has 0 bridgehead atoms. The first-order valence-electron chi connectivity index (χ1n) is 8.08. The number of hydrogen-bond acceptors (Lipinski definition) is 4. The van der Waals surface area contributed by atoms with Crippen molar-refractivity contribution < 1.29 is 19.1 Å². The summed E-state index contributed by atoms with van der Waals surface area (Å²) in [5.41, 5.74) is 1.70. The van der Waals surface area contributed by atoms with Crippen molar-refractivity contribution in [3.8, 4) is 11.5 Å². The number of Topliss-reactive ketones (excluding diaryl/α,β-unsaturated/α-hetero) is 1. The average molecular weight is 341 g/mol. The van der Waals surface area contributed by atoms with Crippen LogP contribution in [0.5, 0.6) is 11.5 Å². The average Bonchev–Trinajstić information content (AvgIpc) is 2.64. The summed E-state index contributed by atoms with van der Waals surface area (Å²) in [5.74, 6) is 0.697. The lowest BCUT2D eigenvalue weighted by molar-refractivity contribution is -0.125. The third-order valence-corrected chi connectivity index (χ3v) is 4.05. The Kier molecular flexibility index (Phi) is 6.57. The fourth-order valence-electron chi connectivity index (χ4n) is 2.63. The van der Waals surface area contributed by atoms with Gasteiger partial charge in [-0.15, -0.1) is 0 Å². The Morgan fingerprint density at radius 1 is 1.04 bits per heavy atom. The first kappa shape index (κ1) is 18.5. The molecule has 0 aliphatic carbocycles. The molecule has 0 saturated heterocycles. The second kappa shape index (κ2) is 8.87. The largest absolute Gasteiger partial charge is 0.497 e. The lowest BCUT2D eigenvalue weighted by atomic mass is 9.92. The first-order valence-corrected chi connectivity index (χ1v) is 8.08. The maximum absolute atomic E-state index is 12.3. The van der Waals surface area contributed by atoms with Gasteiger partial charge in [-0.3, -0.25) is 9.59 Å². The summed E-state index contributed by atoms with van der Waals surface area (Å²) in [5, 5.41) is 2.85. The number of ketones is 1. The van der Waals surface area contributed by atoms with E-state index in [2.05, 4.69) is 5.32 Å². The van der Waals surface area contributed by atoms with Crippen molar-refractivity contribution in [3.05, 3.63) is 59.7 Å². The minimum absolute atomic E-state index is 0.0246. The number of ether oxygens (including phenoxy) is 2. The molecule has 25 heavy (non-hydrogen) atoms. The van der Waals surface area contributed by atoms with Crippen molar-refractivity contribution in [2.45, 2.75) is 25.8 Å². The fraction of sp³-hybridized carbons (Fsp3) is 0.300. The Morgan fingerprint density at radius 3 is 2.36 bits per heavy atom. The van der Waals surface area contributed by atoms with Crippen LogP contribution in [0.3, 0.4) is 0 Å². The van der Waals surface area contributed by atoms with E-state index in [9.17, 15) is 9.59 Å². The predicted molar refractivity (Wildman–Crippen MR) is 95.9 cm³/mol. The molecule has 2 rings (SSSR count). The SMILES string of the molecule is COc1ccc(CNC(=O)CC(C(C)=O)c2ccccc2)c(OC)c1. The zero-order valence-electron chi connectivity index (χ0n) is 14.7. The number of nitrogens with one attached hydrogen (secondary N) is 1. The molecule has 2 aromatic rings. The quantitative estimate of drug-likeness (QED) is 0.801. The fourth-order valence-corrected chi connectivity index (χ4v) is 2.63. The molecule has 132 valence electrons. The molecule has 0 aromatic heterocycles. The zero-order valence-corrected chi connectivity index (χ0v) is 14.7. The molecule has 0 radical (unpaired) electrons. The number of rotatable bonds is 8. The summed E-state index contributed by atoms with van der Waals surface area (Å²) in [6, 6.07) is 14.8. The Bertz CT molecular complexity index is 728. The standard InChI is InChI=1S/C20H23NO4/c1-14(22)18(15-7-5-4-6-8-15)12-20(23)21-13-16-9-10-17(24-2)11-19(16)25-3/h4-11,18H,12-13H2,1-3H3,(H,21,23). The van der Waals surface area contributed by atoms with Crippen LogP contribution in [0.1, 0.15) is 30.4 Å².